The maximum atomic E-state index is 11.7. The summed E-state index contributed by atoms with van der Waals surface area (Å²) in [6, 6.07) is -0.738. The van der Waals surface area contributed by atoms with Gasteiger partial charge in [0, 0.05) is 24.3 Å². The van der Waals surface area contributed by atoms with Gasteiger partial charge >= 0.3 is 12.1 Å². The van der Waals surface area contributed by atoms with Crippen molar-refractivity contribution in [2.24, 2.45) is 5.92 Å². The molecule has 0 aromatic carbocycles. The molecule has 8 nitrogen and oxygen atoms in total. The lowest BCUT2D eigenvalue weighted by Gasteiger charge is -2.22. The van der Waals surface area contributed by atoms with Gasteiger partial charge in [-0.3, -0.25) is 20.2 Å². The minimum Gasteiger partial charge on any atom is -0.337 e. The second-order valence-corrected chi connectivity index (χ2v) is 9.04. The molecule has 2 saturated carbocycles. The minimum atomic E-state index is -0.482. The summed E-state index contributed by atoms with van der Waals surface area (Å²) >= 11 is 0. The number of urea groups is 2. The van der Waals surface area contributed by atoms with Crippen LogP contribution < -0.4 is 21.3 Å². The third kappa shape index (κ3) is 8.79. The predicted octanol–water partition coefficient (Wildman–Crippen LogP) is 1.76. The number of imide groups is 2. The molecule has 0 spiro atoms. The average Bonchev–Trinajstić information content (AvgIpc) is 3.43. The van der Waals surface area contributed by atoms with Crippen molar-refractivity contribution in [3.8, 4) is 0 Å². The van der Waals surface area contributed by atoms with Crippen molar-refractivity contribution in [1.82, 2.24) is 21.3 Å². The number of carbonyl (C=O) groups is 4. The molecule has 26 heavy (non-hydrogen) atoms. The Morgan fingerprint density at radius 2 is 1.58 bits per heavy atom. The molecule has 4 N–H and O–H groups in total. The molecule has 0 heterocycles. The summed E-state index contributed by atoms with van der Waals surface area (Å²) in [7, 11) is 2.74. The van der Waals surface area contributed by atoms with Crippen LogP contribution in [-0.2, 0) is 9.59 Å². The Morgan fingerprint density at radius 3 is 2.27 bits per heavy atom. The third-order valence-electron chi connectivity index (χ3n) is 4.12. The summed E-state index contributed by atoms with van der Waals surface area (Å²) < 4.78 is 0. The van der Waals surface area contributed by atoms with Gasteiger partial charge in [0.1, 0.15) is 0 Å². The smallest absolute Gasteiger partial charge is 0.321 e. The quantitative estimate of drug-likeness (QED) is 0.363. The number of hydrogen-bond donors (Lipinski definition) is 4. The summed E-state index contributed by atoms with van der Waals surface area (Å²) in [5, 5.41) is 10.1. The summed E-state index contributed by atoms with van der Waals surface area (Å²) in [5.41, 5.74) is 0. The standard InChI is InChI=1S/C16H26N4O4S2/c21-13(19-16(24)18-12-4-2-1-3-5-12)10-26-25-9-8-17-15(23)20-14(22)11-6-7-11/h11-12H,1-10H2,(H2,17,20,22,23)(H2,18,19,21,24). The molecule has 0 atom stereocenters. The Labute approximate surface area is 161 Å². The van der Waals surface area contributed by atoms with Crippen LogP contribution in [0.5, 0.6) is 0 Å². The van der Waals surface area contributed by atoms with Gasteiger partial charge in [-0.1, -0.05) is 40.9 Å². The van der Waals surface area contributed by atoms with Crippen molar-refractivity contribution >= 4 is 45.5 Å². The van der Waals surface area contributed by atoms with Crippen LogP contribution in [0.25, 0.3) is 0 Å². The fourth-order valence-electron chi connectivity index (χ4n) is 2.60. The van der Waals surface area contributed by atoms with E-state index >= 15 is 0 Å². The molecule has 0 aromatic heterocycles. The fourth-order valence-corrected chi connectivity index (χ4v) is 4.34. The van der Waals surface area contributed by atoms with Gasteiger partial charge in [-0.2, -0.15) is 0 Å². The van der Waals surface area contributed by atoms with Crippen LogP contribution in [0.4, 0.5) is 9.59 Å². The van der Waals surface area contributed by atoms with E-state index in [1.807, 2.05) is 0 Å². The lowest BCUT2D eigenvalue weighted by Crippen LogP contribution is -2.45. The first-order valence-electron chi connectivity index (χ1n) is 8.98. The molecule has 0 bridgehead atoms. The molecule has 0 unspecified atom stereocenters. The molecule has 0 saturated heterocycles. The second kappa shape index (κ2) is 11.3. The summed E-state index contributed by atoms with van der Waals surface area (Å²) in [6.07, 6.45) is 7.09. The lowest BCUT2D eigenvalue weighted by atomic mass is 9.96. The molecule has 10 heteroatoms. The number of carbonyl (C=O) groups excluding carboxylic acids is 4. The van der Waals surface area contributed by atoms with E-state index in [4.69, 9.17) is 0 Å². The summed E-state index contributed by atoms with van der Waals surface area (Å²) in [4.78, 5) is 46.3. The maximum absolute atomic E-state index is 11.7. The van der Waals surface area contributed by atoms with Gasteiger partial charge in [-0.15, -0.1) is 0 Å². The Kier molecular flexibility index (Phi) is 9.10. The largest absolute Gasteiger partial charge is 0.337 e. The Bertz CT molecular complexity index is 522. The zero-order valence-electron chi connectivity index (χ0n) is 14.7. The summed E-state index contributed by atoms with van der Waals surface area (Å²) in [6.45, 7) is 0.394. The van der Waals surface area contributed by atoms with Crippen LogP contribution in [0.3, 0.4) is 0 Å². The van der Waals surface area contributed by atoms with Gasteiger partial charge in [0.2, 0.25) is 11.8 Å². The van der Waals surface area contributed by atoms with E-state index in [-0.39, 0.29) is 29.5 Å². The lowest BCUT2D eigenvalue weighted by molar-refractivity contribution is -0.121. The topological polar surface area (TPSA) is 116 Å². The van der Waals surface area contributed by atoms with E-state index in [2.05, 4.69) is 21.3 Å². The van der Waals surface area contributed by atoms with Crippen LogP contribution in [0, 0.1) is 5.92 Å². The molecule has 6 amide bonds. The third-order valence-corrected chi connectivity index (χ3v) is 6.39. The van der Waals surface area contributed by atoms with E-state index in [1.165, 1.54) is 28.0 Å². The van der Waals surface area contributed by atoms with Gasteiger partial charge < -0.3 is 10.6 Å². The normalized spacial score (nSPS) is 17.2. The molecule has 2 rings (SSSR count). The van der Waals surface area contributed by atoms with E-state index in [0.29, 0.717) is 12.3 Å². The van der Waals surface area contributed by atoms with E-state index in [9.17, 15) is 19.2 Å². The molecule has 2 fully saturated rings. The van der Waals surface area contributed by atoms with Crippen molar-refractivity contribution in [3.63, 3.8) is 0 Å². The van der Waals surface area contributed by atoms with Crippen molar-refractivity contribution in [2.75, 3.05) is 18.1 Å². The Balaban J connectivity index is 1.43. The Morgan fingerprint density at radius 1 is 0.846 bits per heavy atom. The highest BCUT2D eigenvalue weighted by atomic mass is 33.1. The highest BCUT2D eigenvalue weighted by Gasteiger charge is 2.30. The number of amides is 6. The first-order valence-corrected chi connectivity index (χ1v) is 11.5. The molecule has 146 valence electrons. The monoisotopic (exact) mass is 402 g/mol. The van der Waals surface area contributed by atoms with E-state index < -0.39 is 12.1 Å². The van der Waals surface area contributed by atoms with Crippen molar-refractivity contribution in [3.05, 3.63) is 0 Å². The highest BCUT2D eigenvalue weighted by molar-refractivity contribution is 8.76. The Hall–Kier alpha value is -1.42. The maximum Gasteiger partial charge on any atom is 0.321 e. The average molecular weight is 403 g/mol. The first kappa shape index (κ1) is 20.9. The highest BCUT2D eigenvalue weighted by Crippen LogP contribution is 2.28. The molecule has 0 aromatic rings. The van der Waals surface area contributed by atoms with Crippen molar-refractivity contribution < 1.29 is 19.2 Å². The molecular formula is C16H26N4O4S2. The predicted molar refractivity (Wildman–Crippen MR) is 103 cm³/mol. The van der Waals surface area contributed by atoms with E-state index in [1.54, 1.807) is 0 Å². The van der Waals surface area contributed by atoms with Crippen molar-refractivity contribution in [1.29, 1.82) is 0 Å². The number of nitrogens with one attached hydrogen (secondary N) is 4. The number of hydrogen-bond acceptors (Lipinski definition) is 6. The van der Waals surface area contributed by atoms with Gasteiger partial charge in [-0.25, -0.2) is 9.59 Å². The molecule has 0 radical (unpaired) electrons. The SMILES string of the molecule is O=C(CSSCCNC(=O)NC(=O)C1CC1)NC(=O)NC1CCCCC1. The van der Waals surface area contributed by atoms with Crippen LogP contribution in [0.15, 0.2) is 0 Å². The second-order valence-electron chi connectivity index (χ2n) is 6.46. The van der Waals surface area contributed by atoms with Crippen molar-refractivity contribution in [2.45, 2.75) is 51.0 Å². The van der Waals surface area contributed by atoms with Gasteiger partial charge in [0.25, 0.3) is 0 Å². The van der Waals surface area contributed by atoms with Gasteiger partial charge in [-0.05, 0) is 25.7 Å². The zero-order valence-corrected chi connectivity index (χ0v) is 16.3. The fraction of sp³-hybridized carbons (Fsp3) is 0.750. The van der Waals surface area contributed by atoms with E-state index in [0.717, 1.165) is 38.5 Å². The van der Waals surface area contributed by atoms with Crippen LogP contribution >= 0.6 is 21.6 Å². The zero-order chi connectivity index (χ0) is 18.8. The van der Waals surface area contributed by atoms with Gasteiger partial charge in [0.15, 0.2) is 0 Å². The minimum absolute atomic E-state index is 0.000457. The van der Waals surface area contributed by atoms with Crippen LogP contribution in [-0.4, -0.2) is 48.0 Å². The molecule has 0 aliphatic heterocycles. The molecule has 2 aliphatic carbocycles. The van der Waals surface area contributed by atoms with Crippen LogP contribution in [0.1, 0.15) is 44.9 Å². The molecular weight excluding hydrogens is 376 g/mol. The van der Waals surface area contributed by atoms with Crippen LogP contribution in [0.2, 0.25) is 0 Å². The molecule has 2 aliphatic rings. The summed E-state index contributed by atoms with van der Waals surface area (Å²) in [5.74, 6) is 0.204. The van der Waals surface area contributed by atoms with Gasteiger partial charge in [0.05, 0.1) is 5.75 Å². The first-order chi connectivity index (χ1) is 12.5. The number of rotatable bonds is 8.